The normalized spacial score (nSPS) is 14.5. The van der Waals surface area contributed by atoms with E-state index in [0.717, 1.165) is 121 Å². The van der Waals surface area contributed by atoms with Crippen LogP contribution in [0.1, 0.15) is 363 Å². The third-order valence-corrected chi connectivity index (χ3v) is 19.3. The molecule has 0 rings (SSSR count). The third kappa shape index (κ3) is 68.5. The van der Waals surface area contributed by atoms with Crippen molar-refractivity contribution in [2.24, 2.45) is 17.8 Å². The fourth-order valence-electron chi connectivity index (χ4n) is 11.0. The molecule has 0 radical (unpaired) electrons. The molecule has 0 spiro atoms. The van der Waals surface area contributed by atoms with Crippen LogP contribution in [0.2, 0.25) is 0 Å². The molecule has 6 atom stereocenters. The Kier molecular flexibility index (Phi) is 64.4. The molecule has 560 valence electrons. The number of phosphoric ester groups is 2. The number of hydrogen-bond acceptors (Lipinski definition) is 15. The summed E-state index contributed by atoms with van der Waals surface area (Å²) in [5.41, 5.74) is 0. The maximum absolute atomic E-state index is 13.1. The summed E-state index contributed by atoms with van der Waals surface area (Å²) in [6.07, 6.45) is 54.9. The number of aliphatic hydroxyl groups excluding tert-OH is 1. The van der Waals surface area contributed by atoms with E-state index in [-0.39, 0.29) is 25.7 Å². The summed E-state index contributed by atoms with van der Waals surface area (Å²) < 4.78 is 68.5. The Morgan fingerprint density at radius 2 is 0.621 bits per heavy atom. The summed E-state index contributed by atoms with van der Waals surface area (Å²) >= 11 is 0. The second-order valence-electron chi connectivity index (χ2n) is 27.9. The number of esters is 4. The van der Waals surface area contributed by atoms with Gasteiger partial charge in [-0.15, -0.1) is 0 Å². The van der Waals surface area contributed by atoms with Gasteiger partial charge in [-0.1, -0.05) is 310 Å². The number of carbonyl (C=O) groups excluding carboxylic acids is 4. The monoisotopic (exact) mass is 1390 g/mol. The van der Waals surface area contributed by atoms with Gasteiger partial charge in [0, 0.05) is 25.7 Å². The molecule has 0 aromatic carbocycles. The Hall–Kier alpha value is -2.46. The summed E-state index contributed by atoms with van der Waals surface area (Å²) in [6.45, 7) is 11.8. The van der Waals surface area contributed by atoms with Crippen LogP contribution in [-0.4, -0.2) is 96.7 Å². The standard InChI is InChI=1S/C76H144O17P2/c1-8-10-11-12-13-14-15-16-17-21-24-29-37-45-52-59-75(80)92-71(63-86-73(78)57-50-43-36-31-26-27-33-40-47-54-67(3)4)65-90-94(82,83)88-61-70(77)62-89-95(84,85)91-66-72(64-87-74(79)58-51-44-39-32-34-41-48-55-68(5)6)93-76(81)60-53-46-38-30-25-22-19-18-20-23-28-35-42-49-56-69(7)9-2/h14-17,67-72,77H,8-13,18-66H2,1-7H3,(H,82,83)(H,84,85)/b15-14-,17-16-/t69?,70?,71-,72-/m1/s1. The second kappa shape index (κ2) is 66.1. The van der Waals surface area contributed by atoms with Crippen LogP contribution in [0.5, 0.6) is 0 Å². The first kappa shape index (κ1) is 92.5. The van der Waals surface area contributed by atoms with Gasteiger partial charge in [-0.2, -0.15) is 0 Å². The van der Waals surface area contributed by atoms with Crippen molar-refractivity contribution < 1.29 is 80.2 Å². The van der Waals surface area contributed by atoms with Crippen molar-refractivity contribution in [1.29, 1.82) is 0 Å². The van der Waals surface area contributed by atoms with Gasteiger partial charge in [0.25, 0.3) is 0 Å². The van der Waals surface area contributed by atoms with E-state index < -0.39 is 97.5 Å². The molecule has 0 saturated carbocycles. The zero-order valence-corrected chi connectivity index (χ0v) is 63.4. The Balaban J connectivity index is 5.27. The number of phosphoric acid groups is 2. The molecule has 0 aromatic heterocycles. The first-order valence-corrected chi connectivity index (χ1v) is 41.7. The van der Waals surface area contributed by atoms with Crippen LogP contribution in [0.25, 0.3) is 0 Å². The zero-order valence-electron chi connectivity index (χ0n) is 61.6. The van der Waals surface area contributed by atoms with Gasteiger partial charge in [0.2, 0.25) is 0 Å². The number of allylic oxidation sites excluding steroid dienone is 4. The number of unbranched alkanes of at least 4 members (excludes halogenated alkanes) is 36. The van der Waals surface area contributed by atoms with Crippen molar-refractivity contribution in [1.82, 2.24) is 0 Å². The van der Waals surface area contributed by atoms with Gasteiger partial charge < -0.3 is 33.8 Å². The molecule has 3 N–H and O–H groups in total. The van der Waals surface area contributed by atoms with Crippen molar-refractivity contribution in [2.75, 3.05) is 39.6 Å². The maximum Gasteiger partial charge on any atom is 0.472 e. The van der Waals surface area contributed by atoms with Crippen molar-refractivity contribution in [2.45, 2.75) is 381 Å². The third-order valence-electron chi connectivity index (χ3n) is 17.4. The molecule has 0 amide bonds. The highest BCUT2D eigenvalue weighted by atomic mass is 31.2. The molecule has 0 aliphatic heterocycles. The minimum Gasteiger partial charge on any atom is -0.462 e. The molecule has 95 heavy (non-hydrogen) atoms. The van der Waals surface area contributed by atoms with Crippen LogP contribution in [0.4, 0.5) is 0 Å². The van der Waals surface area contributed by atoms with Crippen LogP contribution >= 0.6 is 15.6 Å². The highest BCUT2D eigenvalue weighted by Crippen LogP contribution is 2.45. The number of ether oxygens (including phenoxy) is 4. The highest BCUT2D eigenvalue weighted by Gasteiger charge is 2.30. The average molecular weight is 1390 g/mol. The van der Waals surface area contributed by atoms with Gasteiger partial charge in [-0.05, 0) is 69.1 Å². The SMILES string of the molecule is CCCCCC/C=C\C=C/CCCCCCCC(=O)O[C@H](COC(=O)CCCCCCCCCCCC(C)C)COP(=O)(O)OCC(O)COP(=O)(O)OC[C@@H](COC(=O)CCCCCCCCCC(C)C)OC(=O)CCCCCCCCCCCCCCCCC(C)CC. The first-order chi connectivity index (χ1) is 45.8. The van der Waals surface area contributed by atoms with E-state index in [0.29, 0.717) is 31.6 Å². The average Bonchev–Trinajstić information content (AvgIpc) is 1.66. The van der Waals surface area contributed by atoms with Gasteiger partial charge in [0.05, 0.1) is 26.4 Å². The molecule has 0 aromatic rings. The van der Waals surface area contributed by atoms with Gasteiger partial charge in [-0.25, -0.2) is 9.13 Å². The largest absolute Gasteiger partial charge is 0.472 e. The predicted molar refractivity (Wildman–Crippen MR) is 386 cm³/mol. The summed E-state index contributed by atoms with van der Waals surface area (Å²) in [6, 6.07) is 0. The molecule has 0 aliphatic rings. The fourth-order valence-corrected chi connectivity index (χ4v) is 12.6. The van der Waals surface area contributed by atoms with E-state index in [1.54, 1.807) is 0 Å². The second-order valence-corrected chi connectivity index (χ2v) is 30.8. The zero-order chi connectivity index (χ0) is 70.1. The lowest BCUT2D eigenvalue weighted by atomic mass is 9.99. The Morgan fingerprint density at radius 1 is 0.347 bits per heavy atom. The minimum absolute atomic E-state index is 0.0843. The molecular formula is C76H144O17P2. The summed E-state index contributed by atoms with van der Waals surface area (Å²) in [5, 5.41) is 10.6. The van der Waals surface area contributed by atoms with E-state index in [2.05, 4.69) is 72.8 Å². The summed E-state index contributed by atoms with van der Waals surface area (Å²) in [7, 11) is -9.92. The highest BCUT2D eigenvalue weighted by molar-refractivity contribution is 7.47. The van der Waals surface area contributed by atoms with Crippen molar-refractivity contribution in [3.63, 3.8) is 0 Å². The van der Waals surface area contributed by atoms with Crippen LogP contribution < -0.4 is 0 Å². The van der Waals surface area contributed by atoms with E-state index in [9.17, 15) is 43.2 Å². The fraction of sp³-hybridized carbons (Fsp3) is 0.895. The lowest BCUT2D eigenvalue weighted by Crippen LogP contribution is -2.30. The number of aliphatic hydroxyl groups is 1. The Morgan fingerprint density at radius 3 is 0.937 bits per heavy atom. The van der Waals surface area contributed by atoms with Crippen LogP contribution in [-0.2, 0) is 65.4 Å². The lowest BCUT2D eigenvalue weighted by Gasteiger charge is -2.21. The van der Waals surface area contributed by atoms with Crippen LogP contribution in [0, 0.1) is 17.8 Å². The molecule has 17 nitrogen and oxygen atoms in total. The van der Waals surface area contributed by atoms with Gasteiger partial charge in [0.1, 0.15) is 19.3 Å². The molecule has 0 bridgehead atoms. The molecular weight excluding hydrogens is 1250 g/mol. The number of rotatable bonds is 72. The smallest absolute Gasteiger partial charge is 0.462 e. The van der Waals surface area contributed by atoms with E-state index in [4.69, 9.17) is 37.0 Å². The van der Waals surface area contributed by atoms with E-state index in [1.807, 2.05) is 0 Å². The van der Waals surface area contributed by atoms with Gasteiger partial charge in [-0.3, -0.25) is 37.3 Å². The van der Waals surface area contributed by atoms with Crippen LogP contribution in [0.15, 0.2) is 24.3 Å². The molecule has 0 fully saturated rings. The van der Waals surface area contributed by atoms with E-state index in [1.165, 1.54) is 154 Å². The Bertz CT molecular complexity index is 1950. The summed E-state index contributed by atoms with van der Waals surface area (Å²) in [5.74, 6) is 0.139. The Labute approximate surface area is 580 Å². The van der Waals surface area contributed by atoms with Gasteiger partial charge >= 0.3 is 39.5 Å². The molecule has 0 saturated heterocycles. The molecule has 0 aliphatic carbocycles. The minimum atomic E-state index is -4.96. The van der Waals surface area contributed by atoms with Crippen molar-refractivity contribution in [3.05, 3.63) is 24.3 Å². The first-order valence-electron chi connectivity index (χ1n) is 38.7. The van der Waals surface area contributed by atoms with Gasteiger partial charge in [0.15, 0.2) is 12.2 Å². The van der Waals surface area contributed by atoms with Crippen LogP contribution in [0.3, 0.4) is 0 Å². The number of hydrogen-bond donors (Lipinski definition) is 3. The number of carbonyl (C=O) groups is 4. The lowest BCUT2D eigenvalue weighted by molar-refractivity contribution is -0.161. The van der Waals surface area contributed by atoms with Crippen molar-refractivity contribution >= 4 is 39.5 Å². The predicted octanol–water partition coefficient (Wildman–Crippen LogP) is 21.7. The van der Waals surface area contributed by atoms with E-state index >= 15 is 0 Å². The molecule has 19 heteroatoms. The molecule has 4 unspecified atom stereocenters. The maximum atomic E-state index is 13.1. The molecule has 0 heterocycles. The van der Waals surface area contributed by atoms with Crippen molar-refractivity contribution in [3.8, 4) is 0 Å². The quantitative estimate of drug-likeness (QED) is 0.0169. The topological polar surface area (TPSA) is 237 Å². The summed E-state index contributed by atoms with van der Waals surface area (Å²) in [4.78, 5) is 72.8.